The molecule has 1 unspecified atom stereocenters. The Balaban J connectivity index is 1.93. The van der Waals surface area contributed by atoms with E-state index in [0.29, 0.717) is 10.7 Å². The van der Waals surface area contributed by atoms with Crippen molar-refractivity contribution in [3.05, 3.63) is 28.8 Å². The van der Waals surface area contributed by atoms with Crippen LogP contribution in [0.3, 0.4) is 0 Å². The average molecular weight is 268 g/mol. The van der Waals surface area contributed by atoms with Crippen LogP contribution in [0, 0.1) is 0 Å². The van der Waals surface area contributed by atoms with E-state index in [2.05, 4.69) is 10.2 Å². The fourth-order valence-corrected chi connectivity index (χ4v) is 2.56. The second kappa shape index (κ2) is 5.59. The van der Waals surface area contributed by atoms with Gasteiger partial charge in [0.1, 0.15) is 0 Å². The minimum absolute atomic E-state index is 0.0346. The summed E-state index contributed by atoms with van der Waals surface area (Å²) in [6, 6.07) is 5.86. The summed E-state index contributed by atoms with van der Waals surface area (Å²) in [5.74, 6) is 0.0346. The van der Waals surface area contributed by atoms with Gasteiger partial charge >= 0.3 is 0 Å². The number of benzene rings is 1. The van der Waals surface area contributed by atoms with Gasteiger partial charge in [-0.3, -0.25) is 9.69 Å². The van der Waals surface area contributed by atoms with Gasteiger partial charge in [-0.25, -0.2) is 0 Å². The molecule has 0 spiro atoms. The highest BCUT2D eigenvalue weighted by Gasteiger charge is 2.23. The Labute approximate surface area is 112 Å². The van der Waals surface area contributed by atoms with Crippen LogP contribution in [-0.4, -0.2) is 29.9 Å². The molecule has 1 atom stereocenters. The molecule has 2 rings (SSSR count). The van der Waals surface area contributed by atoms with E-state index in [4.69, 9.17) is 17.3 Å². The lowest BCUT2D eigenvalue weighted by Crippen LogP contribution is -2.35. The number of carbonyl (C=O) groups is 1. The van der Waals surface area contributed by atoms with E-state index >= 15 is 0 Å². The molecule has 1 aromatic rings. The first kappa shape index (κ1) is 13.2. The third kappa shape index (κ3) is 3.37. The van der Waals surface area contributed by atoms with Crippen LogP contribution in [0.4, 0.5) is 5.69 Å². The molecular formula is C13H18ClN3O. The van der Waals surface area contributed by atoms with Gasteiger partial charge in [0, 0.05) is 43.3 Å². The van der Waals surface area contributed by atoms with Crippen LogP contribution >= 0.6 is 11.6 Å². The highest BCUT2D eigenvalue weighted by atomic mass is 35.5. The highest BCUT2D eigenvalue weighted by Crippen LogP contribution is 2.22. The van der Waals surface area contributed by atoms with Gasteiger partial charge in [0.05, 0.1) is 0 Å². The summed E-state index contributed by atoms with van der Waals surface area (Å²) in [5.41, 5.74) is 7.43. The van der Waals surface area contributed by atoms with Crippen molar-refractivity contribution in [2.45, 2.75) is 25.9 Å². The number of halogens is 1. The molecule has 1 aromatic carbocycles. The third-order valence-corrected chi connectivity index (χ3v) is 3.50. The second-order valence-electron chi connectivity index (χ2n) is 4.77. The molecule has 0 radical (unpaired) electrons. The van der Waals surface area contributed by atoms with Gasteiger partial charge in [0.2, 0.25) is 5.91 Å². The van der Waals surface area contributed by atoms with E-state index in [1.807, 2.05) is 12.1 Å². The van der Waals surface area contributed by atoms with Crippen LogP contribution in [0.25, 0.3) is 0 Å². The average Bonchev–Trinajstić information content (AvgIpc) is 2.69. The Hall–Kier alpha value is -1.26. The number of hydrogen-bond donors (Lipinski definition) is 2. The second-order valence-corrected chi connectivity index (χ2v) is 5.18. The van der Waals surface area contributed by atoms with Gasteiger partial charge in [-0.2, -0.15) is 0 Å². The van der Waals surface area contributed by atoms with E-state index in [-0.39, 0.29) is 11.9 Å². The van der Waals surface area contributed by atoms with E-state index in [0.717, 1.165) is 31.6 Å². The lowest BCUT2D eigenvalue weighted by Gasteiger charge is -2.17. The quantitative estimate of drug-likeness (QED) is 0.819. The number of amides is 1. The van der Waals surface area contributed by atoms with Gasteiger partial charge in [-0.15, -0.1) is 0 Å². The predicted molar refractivity (Wildman–Crippen MR) is 73.4 cm³/mol. The van der Waals surface area contributed by atoms with Gasteiger partial charge in [-0.05, 0) is 24.1 Å². The van der Waals surface area contributed by atoms with Crippen LogP contribution in [-0.2, 0) is 11.3 Å². The van der Waals surface area contributed by atoms with Crippen molar-refractivity contribution in [3.63, 3.8) is 0 Å². The SMILES string of the molecule is CC(=O)NC1CCN(Cc2ccc(N)cc2Cl)C1. The molecule has 0 saturated carbocycles. The number of nitrogen functional groups attached to an aromatic ring is 1. The van der Waals surface area contributed by atoms with Crippen molar-refractivity contribution < 1.29 is 4.79 Å². The maximum absolute atomic E-state index is 11.0. The molecule has 0 aliphatic carbocycles. The predicted octanol–water partition coefficient (Wildman–Crippen LogP) is 1.63. The summed E-state index contributed by atoms with van der Waals surface area (Å²) in [5, 5.41) is 3.65. The zero-order valence-electron chi connectivity index (χ0n) is 10.4. The maximum Gasteiger partial charge on any atom is 0.217 e. The Morgan fingerprint density at radius 2 is 2.39 bits per heavy atom. The monoisotopic (exact) mass is 267 g/mol. The first-order valence-electron chi connectivity index (χ1n) is 6.08. The van der Waals surface area contributed by atoms with Crippen molar-refractivity contribution >= 4 is 23.2 Å². The number of nitrogens with two attached hydrogens (primary N) is 1. The topological polar surface area (TPSA) is 58.4 Å². The molecule has 1 fully saturated rings. The standard InChI is InChI=1S/C13H18ClN3O/c1-9(18)16-12-4-5-17(8-12)7-10-2-3-11(15)6-13(10)14/h2-3,6,12H,4-5,7-8,15H2,1H3,(H,16,18). The molecule has 3 N–H and O–H groups in total. The fraction of sp³-hybridized carbons (Fsp3) is 0.462. The smallest absolute Gasteiger partial charge is 0.217 e. The third-order valence-electron chi connectivity index (χ3n) is 3.15. The Bertz CT molecular complexity index is 450. The van der Waals surface area contributed by atoms with Gasteiger partial charge in [-0.1, -0.05) is 17.7 Å². The lowest BCUT2D eigenvalue weighted by atomic mass is 10.2. The van der Waals surface area contributed by atoms with E-state index in [1.165, 1.54) is 0 Å². The summed E-state index contributed by atoms with van der Waals surface area (Å²) >= 11 is 6.15. The van der Waals surface area contributed by atoms with Crippen LogP contribution < -0.4 is 11.1 Å². The highest BCUT2D eigenvalue weighted by molar-refractivity contribution is 6.31. The van der Waals surface area contributed by atoms with Crippen LogP contribution in [0.5, 0.6) is 0 Å². The summed E-state index contributed by atoms with van der Waals surface area (Å²) in [6.45, 7) is 4.21. The molecule has 18 heavy (non-hydrogen) atoms. The summed E-state index contributed by atoms with van der Waals surface area (Å²) in [6.07, 6.45) is 0.992. The van der Waals surface area contributed by atoms with Crippen molar-refractivity contribution in [2.75, 3.05) is 18.8 Å². The van der Waals surface area contributed by atoms with Gasteiger partial charge < -0.3 is 11.1 Å². The van der Waals surface area contributed by atoms with Gasteiger partial charge in [0.25, 0.3) is 0 Å². The minimum atomic E-state index is 0.0346. The van der Waals surface area contributed by atoms with E-state index in [9.17, 15) is 4.79 Å². The van der Waals surface area contributed by atoms with Crippen molar-refractivity contribution in [1.29, 1.82) is 0 Å². The molecule has 1 amide bonds. The number of carbonyl (C=O) groups excluding carboxylic acids is 1. The number of rotatable bonds is 3. The summed E-state index contributed by atoms with van der Waals surface area (Å²) in [4.78, 5) is 13.3. The van der Waals surface area contributed by atoms with E-state index in [1.54, 1.807) is 13.0 Å². The summed E-state index contributed by atoms with van der Waals surface area (Å²) < 4.78 is 0. The fourth-order valence-electron chi connectivity index (χ4n) is 2.31. The molecule has 5 heteroatoms. The number of nitrogens with zero attached hydrogens (tertiary/aromatic N) is 1. The zero-order valence-corrected chi connectivity index (χ0v) is 11.2. The molecule has 1 aliphatic heterocycles. The van der Waals surface area contributed by atoms with Crippen LogP contribution in [0.15, 0.2) is 18.2 Å². The Morgan fingerprint density at radius 1 is 1.61 bits per heavy atom. The molecule has 0 bridgehead atoms. The van der Waals surface area contributed by atoms with Crippen LogP contribution in [0.1, 0.15) is 18.9 Å². The van der Waals surface area contributed by atoms with Crippen molar-refractivity contribution in [3.8, 4) is 0 Å². The Kier molecular flexibility index (Phi) is 4.09. The Morgan fingerprint density at radius 3 is 3.06 bits per heavy atom. The number of hydrogen-bond acceptors (Lipinski definition) is 3. The molecule has 4 nitrogen and oxygen atoms in total. The number of likely N-dealkylation sites (tertiary alicyclic amines) is 1. The number of nitrogens with one attached hydrogen (secondary N) is 1. The largest absolute Gasteiger partial charge is 0.399 e. The molecule has 98 valence electrons. The molecule has 1 saturated heterocycles. The minimum Gasteiger partial charge on any atom is -0.399 e. The number of anilines is 1. The first-order chi connectivity index (χ1) is 8.54. The van der Waals surface area contributed by atoms with Gasteiger partial charge in [0.15, 0.2) is 0 Å². The van der Waals surface area contributed by atoms with Crippen LogP contribution in [0.2, 0.25) is 5.02 Å². The van der Waals surface area contributed by atoms with Crippen molar-refractivity contribution in [1.82, 2.24) is 10.2 Å². The normalized spacial score (nSPS) is 20.0. The molecule has 0 aromatic heterocycles. The summed E-state index contributed by atoms with van der Waals surface area (Å²) in [7, 11) is 0. The molecule has 1 aliphatic rings. The molecule has 1 heterocycles. The zero-order chi connectivity index (χ0) is 13.1. The first-order valence-corrected chi connectivity index (χ1v) is 6.46. The lowest BCUT2D eigenvalue weighted by molar-refractivity contribution is -0.119. The van der Waals surface area contributed by atoms with Crippen molar-refractivity contribution in [2.24, 2.45) is 0 Å². The molecular weight excluding hydrogens is 250 g/mol. The van der Waals surface area contributed by atoms with E-state index < -0.39 is 0 Å². The maximum atomic E-state index is 11.0.